The van der Waals surface area contributed by atoms with Crippen molar-refractivity contribution >= 4 is 5.96 Å². The summed E-state index contributed by atoms with van der Waals surface area (Å²) in [6.07, 6.45) is 2.11. The molecule has 0 saturated carbocycles. The molecule has 1 aliphatic heterocycles. The van der Waals surface area contributed by atoms with Crippen LogP contribution in [0.5, 0.6) is 0 Å². The van der Waals surface area contributed by atoms with Crippen molar-refractivity contribution in [2.45, 2.75) is 25.7 Å². The molecule has 1 fully saturated rings. The molecule has 24 heavy (non-hydrogen) atoms. The molecule has 0 spiro atoms. The van der Waals surface area contributed by atoms with Gasteiger partial charge in [0.1, 0.15) is 0 Å². The molecular formula is C19H31N3O2. The largest absolute Gasteiger partial charge is 0.381 e. The summed E-state index contributed by atoms with van der Waals surface area (Å²) >= 11 is 0. The topological polar surface area (TPSA) is 54.9 Å². The maximum Gasteiger partial charge on any atom is 0.190 e. The first-order valence-corrected chi connectivity index (χ1v) is 8.94. The van der Waals surface area contributed by atoms with Crippen molar-refractivity contribution in [3.05, 3.63) is 35.9 Å². The lowest BCUT2D eigenvalue weighted by Crippen LogP contribution is -2.39. The van der Waals surface area contributed by atoms with Gasteiger partial charge < -0.3 is 20.1 Å². The van der Waals surface area contributed by atoms with Crippen molar-refractivity contribution in [3.8, 4) is 0 Å². The number of hydrogen-bond donors (Lipinski definition) is 2. The van der Waals surface area contributed by atoms with E-state index in [2.05, 4.69) is 46.8 Å². The van der Waals surface area contributed by atoms with Crippen LogP contribution >= 0.6 is 0 Å². The maximum absolute atomic E-state index is 5.71. The highest BCUT2D eigenvalue weighted by Crippen LogP contribution is 2.13. The SMILES string of the molecule is CN=C(NCCCOCC1CCOC1)NCC(C)c1ccccc1. The Bertz CT molecular complexity index is 473. The number of benzene rings is 1. The van der Waals surface area contributed by atoms with E-state index in [0.29, 0.717) is 11.8 Å². The Kier molecular flexibility index (Phi) is 8.63. The molecule has 2 N–H and O–H groups in total. The molecular weight excluding hydrogens is 302 g/mol. The summed E-state index contributed by atoms with van der Waals surface area (Å²) in [7, 11) is 1.80. The lowest BCUT2D eigenvalue weighted by Gasteiger charge is -2.16. The van der Waals surface area contributed by atoms with Gasteiger partial charge in [0.05, 0.1) is 13.2 Å². The van der Waals surface area contributed by atoms with Gasteiger partial charge in [0.15, 0.2) is 5.96 Å². The fourth-order valence-corrected chi connectivity index (χ4v) is 2.72. The standard InChI is InChI=1S/C19H31N3O2/c1-16(18-7-4-3-5-8-18)13-22-19(20-2)21-10-6-11-23-14-17-9-12-24-15-17/h3-5,7-8,16-17H,6,9-15H2,1-2H3,(H2,20,21,22). The van der Waals surface area contributed by atoms with Crippen LogP contribution in [0.4, 0.5) is 0 Å². The first kappa shape index (κ1) is 18.7. The van der Waals surface area contributed by atoms with E-state index in [0.717, 1.165) is 58.3 Å². The van der Waals surface area contributed by atoms with Gasteiger partial charge in [0.25, 0.3) is 0 Å². The number of nitrogens with one attached hydrogen (secondary N) is 2. The van der Waals surface area contributed by atoms with Gasteiger partial charge in [0.2, 0.25) is 0 Å². The summed E-state index contributed by atoms with van der Waals surface area (Å²) in [5, 5.41) is 6.72. The van der Waals surface area contributed by atoms with Gasteiger partial charge in [-0.2, -0.15) is 0 Å². The molecule has 1 aliphatic rings. The number of rotatable bonds is 9. The third-order valence-electron chi connectivity index (χ3n) is 4.30. The molecule has 5 heteroatoms. The highest BCUT2D eigenvalue weighted by atomic mass is 16.5. The Hall–Kier alpha value is -1.59. The normalized spacial score (nSPS) is 19.2. The van der Waals surface area contributed by atoms with Crippen LogP contribution in [0.25, 0.3) is 0 Å². The minimum atomic E-state index is 0.446. The Morgan fingerprint density at radius 3 is 2.88 bits per heavy atom. The van der Waals surface area contributed by atoms with E-state index in [9.17, 15) is 0 Å². The highest BCUT2D eigenvalue weighted by Gasteiger charge is 2.15. The molecule has 1 aromatic carbocycles. The summed E-state index contributed by atoms with van der Waals surface area (Å²) in [6.45, 7) is 7.29. The summed E-state index contributed by atoms with van der Waals surface area (Å²) in [4.78, 5) is 4.27. The fraction of sp³-hybridized carbons (Fsp3) is 0.632. The van der Waals surface area contributed by atoms with Crippen LogP contribution in [0.15, 0.2) is 35.3 Å². The van der Waals surface area contributed by atoms with E-state index in [4.69, 9.17) is 9.47 Å². The molecule has 0 radical (unpaired) electrons. The summed E-state index contributed by atoms with van der Waals surface area (Å²) in [5.74, 6) is 1.88. The predicted octanol–water partition coefficient (Wildman–Crippen LogP) is 2.40. The zero-order valence-electron chi connectivity index (χ0n) is 15.0. The molecule has 1 saturated heterocycles. The van der Waals surface area contributed by atoms with E-state index in [1.165, 1.54) is 5.56 Å². The molecule has 134 valence electrons. The molecule has 2 unspecified atom stereocenters. The number of nitrogens with zero attached hydrogens (tertiary/aromatic N) is 1. The van der Waals surface area contributed by atoms with Crippen LogP contribution in [0.3, 0.4) is 0 Å². The molecule has 5 nitrogen and oxygen atoms in total. The number of aliphatic imine (C=N–C) groups is 1. The first-order chi connectivity index (χ1) is 11.8. The Morgan fingerprint density at radius 1 is 1.33 bits per heavy atom. The van der Waals surface area contributed by atoms with Gasteiger partial charge in [-0.3, -0.25) is 4.99 Å². The average molecular weight is 333 g/mol. The van der Waals surface area contributed by atoms with Crippen molar-refractivity contribution < 1.29 is 9.47 Å². The summed E-state index contributed by atoms with van der Waals surface area (Å²) in [6, 6.07) is 10.5. The third-order valence-corrected chi connectivity index (χ3v) is 4.30. The van der Waals surface area contributed by atoms with Crippen molar-refractivity contribution in [2.75, 3.05) is 46.6 Å². The van der Waals surface area contributed by atoms with Gasteiger partial charge in [-0.25, -0.2) is 0 Å². The van der Waals surface area contributed by atoms with Gasteiger partial charge >= 0.3 is 0 Å². The van der Waals surface area contributed by atoms with E-state index in [-0.39, 0.29) is 0 Å². The van der Waals surface area contributed by atoms with Crippen molar-refractivity contribution in [1.29, 1.82) is 0 Å². The quantitative estimate of drug-likeness (QED) is 0.414. The van der Waals surface area contributed by atoms with Gasteiger partial charge in [-0.05, 0) is 24.3 Å². The zero-order chi connectivity index (χ0) is 17.0. The Morgan fingerprint density at radius 2 is 2.17 bits per heavy atom. The number of ether oxygens (including phenoxy) is 2. The Balaban J connectivity index is 1.53. The molecule has 0 bridgehead atoms. The molecule has 1 aromatic rings. The van der Waals surface area contributed by atoms with Crippen LogP contribution in [-0.4, -0.2) is 52.5 Å². The van der Waals surface area contributed by atoms with E-state index < -0.39 is 0 Å². The monoisotopic (exact) mass is 333 g/mol. The molecule has 2 rings (SSSR count). The minimum absolute atomic E-state index is 0.446. The second kappa shape index (κ2) is 11.0. The minimum Gasteiger partial charge on any atom is -0.381 e. The van der Waals surface area contributed by atoms with Crippen LogP contribution in [0, 0.1) is 5.92 Å². The number of guanidine groups is 1. The van der Waals surface area contributed by atoms with E-state index in [1.807, 2.05) is 6.07 Å². The Labute approximate surface area is 145 Å². The van der Waals surface area contributed by atoms with Crippen molar-refractivity contribution in [2.24, 2.45) is 10.9 Å². The van der Waals surface area contributed by atoms with Crippen molar-refractivity contribution in [3.63, 3.8) is 0 Å². The van der Waals surface area contributed by atoms with Crippen molar-refractivity contribution in [1.82, 2.24) is 10.6 Å². The van der Waals surface area contributed by atoms with Crippen LogP contribution in [0.1, 0.15) is 31.2 Å². The van der Waals surface area contributed by atoms with E-state index in [1.54, 1.807) is 7.05 Å². The van der Waals surface area contributed by atoms with E-state index >= 15 is 0 Å². The summed E-state index contributed by atoms with van der Waals surface area (Å²) < 4.78 is 11.1. The van der Waals surface area contributed by atoms with Crippen LogP contribution < -0.4 is 10.6 Å². The maximum atomic E-state index is 5.71. The molecule has 0 amide bonds. The smallest absolute Gasteiger partial charge is 0.190 e. The first-order valence-electron chi connectivity index (χ1n) is 8.94. The molecule has 1 heterocycles. The van der Waals surface area contributed by atoms with Gasteiger partial charge in [0, 0.05) is 39.3 Å². The third kappa shape index (κ3) is 6.89. The summed E-state index contributed by atoms with van der Waals surface area (Å²) in [5.41, 5.74) is 1.34. The van der Waals surface area contributed by atoms with Gasteiger partial charge in [-0.15, -0.1) is 0 Å². The highest BCUT2D eigenvalue weighted by molar-refractivity contribution is 5.79. The molecule has 0 aliphatic carbocycles. The van der Waals surface area contributed by atoms with Crippen LogP contribution in [-0.2, 0) is 9.47 Å². The fourth-order valence-electron chi connectivity index (χ4n) is 2.72. The second-order valence-corrected chi connectivity index (χ2v) is 6.35. The lowest BCUT2D eigenvalue weighted by molar-refractivity contribution is 0.0888. The molecule has 2 atom stereocenters. The lowest BCUT2D eigenvalue weighted by atomic mass is 10.0. The average Bonchev–Trinajstić information content (AvgIpc) is 3.14. The molecule has 0 aromatic heterocycles. The number of hydrogen-bond acceptors (Lipinski definition) is 3. The van der Waals surface area contributed by atoms with Crippen LogP contribution in [0.2, 0.25) is 0 Å². The second-order valence-electron chi connectivity index (χ2n) is 6.35. The predicted molar refractivity (Wildman–Crippen MR) is 98.6 cm³/mol. The van der Waals surface area contributed by atoms with Gasteiger partial charge in [-0.1, -0.05) is 37.3 Å². The zero-order valence-corrected chi connectivity index (χ0v) is 15.0.